The number of nitrogens with one attached hydrogen (secondary N) is 2. The molecule has 1 aliphatic heterocycles. The van der Waals surface area contributed by atoms with E-state index in [1.807, 2.05) is 0 Å². The molecule has 0 aliphatic carbocycles. The summed E-state index contributed by atoms with van der Waals surface area (Å²) in [6, 6.07) is 5.16. The zero-order chi connectivity index (χ0) is 17.4. The molecule has 1 aliphatic rings. The van der Waals surface area contributed by atoms with E-state index in [0.29, 0.717) is 5.02 Å². The van der Waals surface area contributed by atoms with Gasteiger partial charge >= 0.3 is 5.97 Å². The van der Waals surface area contributed by atoms with E-state index in [2.05, 4.69) is 10.3 Å². The van der Waals surface area contributed by atoms with Crippen LogP contribution < -0.4 is 11.1 Å². The number of fused-ring (bicyclic) bond motifs is 1. The molecule has 1 aromatic carbocycles. The number of hydrogen-bond donors (Lipinski definition) is 4. The normalized spacial score (nSPS) is 20.6. The van der Waals surface area contributed by atoms with Crippen LogP contribution in [0.3, 0.4) is 0 Å². The Balaban J connectivity index is 1.75. The van der Waals surface area contributed by atoms with E-state index in [1.165, 1.54) is 0 Å². The van der Waals surface area contributed by atoms with Crippen LogP contribution in [0.25, 0.3) is 10.9 Å². The van der Waals surface area contributed by atoms with Gasteiger partial charge in [-0.1, -0.05) is 11.6 Å². The highest BCUT2D eigenvalue weighted by Crippen LogP contribution is 2.20. The van der Waals surface area contributed by atoms with Gasteiger partial charge in [-0.25, -0.2) is 0 Å². The molecule has 2 heterocycles. The van der Waals surface area contributed by atoms with E-state index in [0.717, 1.165) is 15.8 Å². The van der Waals surface area contributed by atoms with Crippen molar-refractivity contribution in [2.45, 2.75) is 12.1 Å². The molecule has 0 bridgehead atoms. The number of hydrogen-bond acceptors (Lipinski definition) is 4. The number of halogens is 1. The van der Waals surface area contributed by atoms with Gasteiger partial charge in [-0.05, 0) is 24.3 Å². The summed E-state index contributed by atoms with van der Waals surface area (Å²) < 4.78 is 0. The van der Waals surface area contributed by atoms with Crippen LogP contribution in [-0.2, 0) is 9.59 Å². The molecule has 5 N–H and O–H groups in total. The van der Waals surface area contributed by atoms with Crippen molar-refractivity contribution in [3.63, 3.8) is 0 Å². The lowest BCUT2D eigenvalue weighted by Crippen LogP contribution is -2.49. The number of benzene rings is 1. The standard InChI is InChI=1S/C15H15ClN4O4/c16-8-1-2-10-7(3-8)4-11(18-10)14(23)19-13-9(17)5-20(15(13)24)6-12(21)22/h1-4,9,13,18H,5-6,17H2,(H,19,23)(H,21,22). The van der Waals surface area contributed by atoms with Gasteiger partial charge in [0.25, 0.3) is 5.91 Å². The molecule has 24 heavy (non-hydrogen) atoms. The Morgan fingerprint density at radius 2 is 2.17 bits per heavy atom. The number of H-pyrrole nitrogens is 1. The average Bonchev–Trinajstić information content (AvgIpc) is 3.03. The van der Waals surface area contributed by atoms with Crippen LogP contribution in [0.5, 0.6) is 0 Å². The third-order valence-corrected chi connectivity index (χ3v) is 4.11. The molecule has 1 fully saturated rings. The molecule has 0 saturated carbocycles. The number of aliphatic carboxylic acids is 1. The monoisotopic (exact) mass is 350 g/mol. The SMILES string of the molecule is NC1CN(CC(=O)O)C(=O)C1NC(=O)c1cc2cc(Cl)ccc2[nH]1. The number of nitrogens with two attached hydrogens (primary N) is 1. The number of likely N-dealkylation sites (tertiary alicyclic amines) is 1. The molecule has 3 rings (SSSR count). The van der Waals surface area contributed by atoms with Crippen LogP contribution in [0.4, 0.5) is 0 Å². The summed E-state index contributed by atoms with van der Waals surface area (Å²) in [5, 5.41) is 12.7. The molecule has 2 amide bonds. The Bertz CT molecular complexity index is 834. The maximum absolute atomic E-state index is 12.4. The molecule has 1 saturated heterocycles. The van der Waals surface area contributed by atoms with Crippen LogP contribution in [0, 0.1) is 0 Å². The number of rotatable bonds is 4. The first-order valence-electron chi connectivity index (χ1n) is 7.20. The number of aromatic nitrogens is 1. The number of carboxylic acid groups (broad SMARTS) is 1. The number of carbonyl (C=O) groups excluding carboxylic acids is 2. The number of aromatic amines is 1. The number of carbonyl (C=O) groups is 3. The van der Waals surface area contributed by atoms with Crippen LogP contribution >= 0.6 is 11.6 Å². The molecule has 2 atom stereocenters. The van der Waals surface area contributed by atoms with Gasteiger partial charge in [0.05, 0.1) is 6.04 Å². The number of carboxylic acids is 1. The topological polar surface area (TPSA) is 129 Å². The molecule has 2 unspecified atom stereocenters. The molecule has 2 aromatic rings. The third-order valence-electron chi connectivity index (χ3n) is 3.88. The lowest BCUT2D eigenvalue weighted by Gasteiger charge is -2.14. The van der Waals surface area contributed by atoms with Gasteiger partial charge in [0, 0.05) is 22.5 Å². The minimum absolute atomic E-state index is 0.0817. The highest BCUT2D eigenvalue weighted by molar-refractivity contribution is 6.31. The Labute approximate surface area is 141 Å². The molecule has 8 nitrogen and oxygen atoms in total. The second-order valence-corrected chi connectivity index (χ2v) is 6.08. The lowest BCUT2D eigenvalue weighted by atomic mass is 10.1. The summed E-state index contributed by atoms with van der Waals surface area (Å²) >= 11 is 5.91. The van der Waals surface area contributed by atoms with Crippen LogP contribution in [0.15, 0.2) is 24.3 Å². The van der Waals surface area contributed by atoms with Crippen LogP contribution in [0.2, 0.25) is 5.02 Å². The second kappa shape index (κ2) is 6.14. The fraction of sp³-hybridized carbons (Fsp3) is 0.267. The molecule has 0 radical (unpaired) electrons. The summed E-state index contributed by atoms with van der Waals surface area (Å²) in [7, 11) is 0. The number of amides is 2. The minimum Gasteiger partial charge on any atom is -0.480 e. The van der Waals surface area contributed by atoms with Gasteiger partial charge in [-0.3, -0.25) is 14.4 Å². The fourth-order valence-corrected chi connectivity index (χ4v) is 2.93. The Morgan fingerprint density at radius 3 is 2.88 bits per heavy atom. The smallest absolute Gasteiger partial charge is 0.323 e. The van der Waals surface area contributed by atoms with E-state index >= 15 is 0 Å². The maximum Gasteiger partial charge on any atom is 0.323 e. The lowest BCUT2D eigenvalue weighted by molar-refractivity contribution is -0.143. The first-order valence-corrected chi connectivity index (χ1v) is 7.58. The van der Waals surface area contributed by atoms with Gasteiger partial charge in [0.1, 0.15) is 18.3 Å². The van der Waals surface area contributed by atoms with E-state index in [-0.39, 0.29) is 12.2 Å². The number of nitrogens with zero attached hydrogens (tertiary/aromatic N) is 1. The van der Waals surface area contributed by atoms with Crippen molar-refractivity contribution in [3.8, 4) is 0 Å². The van der Waals surface area contributed by atoms with Crippen molar-refractivity contribution >= 4 is 40.3 Å². The molecular formula is C15H15ClN4O4. The third kappa shape index (κ3) is 3.06. The first kappa shape index (κ1) is 16.3. The largest absolute Gasteiger partial charge is 0.480 e. The Kier molecular flexibility index (Phi) is 4.16. The summed E-state index contributed by atoms with van der Waals surface area (Å²) in [6.45, 7) is -0.359. The van der Waals surface area contributed by atoms with E-state index in [1.54, 1.807) is 24.3 Å². The van der Waals surface area contributed by atoms with Gasteiger partial charge < -0.3 is 26.0 Å². The quantitative estimate of drug-likeness (QED) is 0.625. The maximum atomic E-state index is 12.4. The summed E-state index contributed by atoms with van der Waals surface area (Å²) in [5.41, 5.74) is 6.86. The van der Waals surface area contributed by atoms with Gasteiger partial charge in [0.2, 0.25) is 5.91 Å². The predicted octanol–water partition coefficient (Wildman–Crippen LogP) is 0.174. The summed E-state index contributed by atoms with van der Waals surface area (Å²) in [4.78, 5) is 39.3. The van der Waals surface area contributed by atoms with E-state index < -0.39 is 36.4 Å². The second-order valence-electron chi connectivity index (χ2n) is 5.64. The fourth-order valence-electron chi connectivity index (χ4n) is 2.75. The molecule has 1 aromatic heterocycles. The first-order chi connectivity index (χ1) is 11.3. The average molecular weight is 351 g/mol. The molecule has 126 valence electrons. The molecule has 9 heteroatoms. The van der Waals surface area contributed by atoms with Gasteiger partial charge in [-0.2, -0.15) is 0 Å². The van der Waals surface area contributed by atoms with Crippen molar-refractivity contribution in [3.05, 3.63) is 35.0 Å². The van der Waals surface area contributed by atoms with Crippen molar-refractivity contribution in [2.24, 2.45) is 5.73 Å². The molecular weight excluding hydrogens is 336 g/mol. The highest BCUT2D eigenvalue weighted by atomic mass is 35.5. The van der Waals surface area contributed by atoms with Crippen LogP contribution in [0.1, 0.15) is 10.5 Å². The van der Waals surface area contributed by atoms with E-state index in [9.17, 15) is 14.4 Å². The Hall–Kier alpha value is -2.58. The zero-order valence-electron chi connectivity index (χ0n) is 12.5. The zero-order valence-corrected chi connectivity index (χ0v) is 13.2. The van der Waals surface area contributed by atoms with Gasteiger partial charge in [0.15, 0.2) is 0 Å². The predicted molar refractivity (Wildman–Crippen MR) is 86.8 cm³/mol. The van der Waals surface area contributed by atoms with E-state index in [4.69, 9.17) is 22.4 Å². The Morgan fingerprint density at radius 1 is 1.42 bits per heavy atom. The van der Waals surface area contributed by atoms with Crippen molar-refractivity contribution in [2.75, 3.05) is 13.1 Å². The van der Waals surface area contributed by atoms with Gasteiger partial charge in [-0.15, -0.1) is 0 Å². The highest BCUT2D eigenvalue weighted by Gasteiger charge is 2.40. The summed E-state index contributed by atoms with van der Waals surface area (Å²) in [6.07, 6.45) is 0. The van der Waals surface area contributed by atoms with Crippen molar-refractivity contribution in [1.29, 1.82) is 0 Å². The molecule has 0 spiro atoms. The van der Waals surface area contributed by atoms with Crippen LogP contribution in [-0.4, -0.2) is 57.9 Å². The minimum atomic E-state index is -1.13. The van der Waals surface area contributed by atoms with Crippen molar-refractivity contribution < 1.29 is 19.5 Å². The summed E-state index contributed by atoms with van der Waals surface area (Å²) in [5.74, 6) is -2.12. The van der Waals surface area contributed by atoms with Crippen molar-refractivity contribution in [1.82, 2.24) is 15.2 Å².